The maximum atomic E-state index is 12.2. The van der Waals surface area contributed by atoms with Gasteiger partial charge in [0.15, 0.2) is 0 Å². The van der Waals surface area contributed by atoms with Crippen LogP contribution in [0.4, 0.5) is 0 Å². The number of carbonyl (C=O) groups is 1. The fourth-order valence-electron chi connectivity index (χ4n) is 2.60. The van der Waals surface area contributed by atoms with Crippen LogP contribution in [-0.4, -0.2) is 35.7 Å². The zero-order valence-electron chi connectivity index (χ0n) is 12.7. The number of hydrogen-bond donors (Lipinski definition) is 3. The van der Waals surface area contributed by atoms with E-state index in [0.717, 1.165) is 19.4 Å². The second kappa shape index (κ2) is 6.91. The zero-order chi connectivity index (χ0) is 14.0. The van der Waals surface area contributed by atoms with Gasteiger partial charge in [0, 0.05) is 12.0 Å². The van der Waals surface area contributed by atoms with Gasteiger partial charge in [0.2, 0.25) is 5.91 Å². The number of aliphatic hydroxyl groups is 1. The van der Waals surface area contributed by atoms with Gasteiger partial charge in [0.05, 0.1) is 11.6 Å². The molecule has 2 unspecified atom stereocenters. The zero-order valence-corrected chi connectivity index (χ0v) is 13.6. The Morgan fingerprint density at radius 1 is 1.47 bits per heavy atom. The van der Waals surface area contributed by atoms with E-state index in [1.165, 1.54) is 0 Å². The van der Waals surface area contributed by atoms with Crippen LogP contribution >= 0.6 is 12.4 Å². The van der Waals surface area contributed by atoms with Crippen molar-refractivity contribution >= 4 is 18.3 Å². The van der Waals surface area contributed by atoms with Crippen LogP contribution in [0.2, 0.25) is 0 Å². The van der Waals surface area contributed by atoms with Gasteiger partial charge >= 0.3 is 0 Å². The third-order valence-corrected chi connectivity index (χ3v) is 4.01. The summed E-state index contributed by atoms with van der Waals surface area (Å²) in [6.45, 7) is 11.3. The first-order valence-corrected chi connectivity index (χ1v) is 6.90. The van der Waals surface area contributed by atoms with Gasteiger partial charge in [-0.15, -0.1) is 12.4 Å². The summed E-state index contributed by atoms with van der Waals surface area (Å²) in [5, 5.41) is 16.4. The monoisotopic (exact) mass is 292 g/mol. The van der Waals surface area contributed by atoms with Crippen molar-refractivity contribution in [1.82, 2.24) is 10.6 Å². The van der Waals surface area contributed by atoms with Crippen LogP contribution in [0.15, 0.2) is 0 Å². The molecule has 114 valence electrons. The SMILES string of the molecule is CC(C)C(O)C(C)(C)CNC(=O)C1(C)CCCN1.Cl. The molecule has 1 aliphatic heterocycles. The first-order chi connectivity index (χ1) is 8.19. The number of amides is 1. The lowest BCUT2D eigenvalue weighted by Gasteiger charge is -2.34. The predicted octanol–water partition coefficient (Wildman–Crippen LogP) is 1.71. The Morgan fingerprint density at radius 3 is 2.47 bits per heavy atom. The largest absolute Gasteiger partial charge is 0.392 e. The van der Waals surface area contributed by atoms with Crippen LogP contribution in [0.25, 0.3) is 0 Å². The average molecular weight is 293 g/mol. The van der Waals surface area contributed by atoms with Crippen molar-refractivity contribution in [3.8, 4) is 0 Å². The van der Waals surface area contributed by atoms with E-state index in [4.69, 9.17) is 0 Å². The molecule has 4 nitrogen and oxygen atoms in total. The maximum absolute atomic E-state index is 12.2. The third-order valence-electron chi connectivity index (χ3n) is 4.01. The molecule has 1 fully saturated rings. The van der Waals surface area contributed by atoms with E-state index < -0.39 is 11.6 Å². The molecule has 1 aliphatic rings. The normalized spacial score (nSPS) is 25.0. The highest BCUT2D eigenvalue weighted by molar-refractivity contribution is 5.86. The smallest absolute Gasteiger partial charge is 0.240 e. The molecule has 0 aliphatic carbocycles. The molecule has 0 spiro atoms. The lowest BCUT2D eigenvalue weighted by molar-refractivity contribution is -0.127. The molecular formula is C14H29ClN2O2. The number of halogens is 1. The molecule has 0 aromatic rings. The first-order valence-electron chi connectivity index (χ1n) is 6.90. The van der Waals surface area contributed by atoms with Crippen molar-refractivity contribution in [3.05, 3.63) is 0 Å². The van der Waals surface area contributed by atoms with E-state index in [2.05, 4.69) is 10.6 Å². The van der Waals surface area contributed by atoms with Crippen LogP contribution in [0.5, 0.6) is 0 Å². The second-order valence-corrected chi connectivity index (χ2v) is 6.72. The number of rotatable bonds is 5. The topological polar surface area (TPSA) is 61.4 Å². The molecule has 0 saturated carbocycles. The summed E-state index contributed by atoms with van der Waals surface area (Å²) in [5.74, 6) is 0.237. The molecule has 1 amide bonds. The van der Waals surface area contributed by atoms with Gasteiger partial charge < -0.3 is 15.7 Å². The first kappa shape index (κ1) is 18.7. The molecule has 2 atom stereocenters. The maximum Gasteiger partial charge on any atom is 0.240 e. The summed E-state index contributed by atoms with van der Waals surface area (Å²) in [5.41, 5.74) is -0.738. The molecule has 0 bridgehead atoms. The Morgan fingerprint density at radius 2 is 2.05 bits per heavy atom. The second-order valence-electron chi connectivity index (χ2n) is 6.72. The van der Waals surface area contributed by atoms with Crippen LogP contribution in [0.3, 0.4) is 0 Å². The van der Waals surface area contributed by atoms with E-state index in [1.807, 2.05) is 34.6 Å². The van der Waals surface area contributed by atoms with Crippen molar-refractivity contribution in [3.63, 3.8) is 0 Å². The molecule has 1 saturated heterocycles. The molecule has 5 heteroatoms. The number of aliphatic hydroxyl groups excluding tert-OH is 1. The summed E-state index contributed by atoms with van der Waals surface area (Å²) < 4.78 is 0. The molecular weight excluding hydrogens is 264 g/mol. The van der Waals surface area contributed by atoms with Crippen molar-refractivity contribution in [1.29, 1.82) is 0 Å². The van der Waals surface area contributed by atoms with E-state index in [0.29, 0.717) is 6.54 Å². The Balaban J connectivity index is 0.00000324. The number of carbonyl (C=O) groups excluding carboxylic acids is 1. The minimum absolute atomic E-state index is 0. The van der Waals surface area contributed by atoms with Gasteiger partial charge in [-0.25, -0.2) is 0 Å². The van der Waals surface area contributed by atoms with Crippen LogP contribution in [0.1, 0.15) is 47.5 Å². The molecule has 3 N–H and O–H groups in total. The quantitative estimate of drug-likeness (QED) is 0.723. The van der Waals surface area contributed by atoms with Crippen LogP contribution in [-0.2, 0) is 4.79 Å². The lowest BCUT2D eigenvalue weighted by atomic mass is 9.80. The van der Waals surface area contributed by atoms with Gasteiger partial charge in [-0.05, 0) is 32.2 Å². The van der Waals surface area contributed by atoms with E-state index in [1.54, 1.807) is 0 Å². The number of hydrogen-bond acceptors (Lipinski definition) is 3. The molecule has 0 aromatic heterocycles. The highest BCUT2D eigenvalue weighted by atomic mass is 35.5. The van der Waals surface area contributed by atoms with Crippen molar-refractivity contribution in [2.45, 2.75) is 59.1 Å². The fraction of sp³-hybridized carbons (Fsp3) is 0.929. The Labute approximate surface area is 123 Å². The van der Waals surface area contributed by atoms with E-state index in [9.17, 15) is 9.90 Å². The van der Waals surface area contributed by atoms with Gasteiger partial charge in [0.1, 0.15) is 0 Å². The summed E-state index contributed by atoms with van der Waals surface area (Å²) in [6.07, 6.45) is 1.51. The van der Waals surface area contributed by atoms with Crippen molar-refractivity contribution in [2.75, 3.05) is 13.1 Å². The molecule has 19 heavy (non-hydrogen) atoms. The predicted molar refractivity (Wildman–Crippen MR) is 80.5 cm³/mol. The fourth-order valence-corrected chi connectivity index (χ4v) is 2.60. The summed E-state index contributed by atoms with van der Waals surface area (Å²) in [7, 11) is 0. The van der Waals surface area contributed by atoms with Gasteiger partial charge in [-0.3, -0.25) is 4.79 Å². The summed E-state index contributed by atoms with van der Waals surface area (Å²) in [6, 6.07) is 0. The lowest BCUT2D eigenvalue weighted by Crippen LogP contribution is -2.54. The van der Waals surface area contributed by atoms with Crippen molar-refractivity contribution < 1.29 is 9.90 Å². The van der Waals surface area contributed by atoms with Crippen LogP contribution in [0, 0.1) is 11.3 Å². The van der Waals surface area contributed by atoms with Gasteiger partial charge in [-0.1, -0.05) is 27.7 Å². The molecule has 0 aromatic carbocycles. The average Bonchev–Trinajstić information content (AvgIpc) is 2.73. The summed E-state index contributed by atoms with van der Waals surface area (Å²) >= 11 is 0. The van der Waals surface area contributed by atoms with E-state index >= 15 is 0 Å². The minimum Gasteiger partial charge on any atom is -0.392 e. The number of nitrogens with one attached hydrogen (secondary N) is 2. The van der Waals surface area contributed by atoms with Gasteiger partial charge in [0.25, 0.3) is 0 Å². The Hall–Kier alpha value is -0.320. The van der Waals surface area contributed by atoms with E-state index in [-0.39, 0.29) is 29.6 Å². The molecule has 1 heterocycles. The summed E-state index contributed by atoms with van der Waals surface area (Å²) in [4.78, 5) is 12.2. The highest BCUT2D eigenvalue weighted by Crippen LogP contribution is 2.26. The molecule has 1 rings (SSSR count). The third kappa shape index (κ3) is 4.62. The Bertz CT molecular complexity index is 300. The van der Waals surface area contributed by atoms with Gasteiger partial charge in [-0.2, -0.15) is 0 Å². The Kier molecular flexibility index (Phi) is 6.79. The standard InChI is InChI=1S/C14H28N2O2.ClH/c1-10(2)11(17)13(3,4)9-15-12(18)14(5)7-6-8-16-14;/h10-11,16-17H,6-9H2,1-5H3,(H,15,18);1H. The highest BCUT2D eigenvalue weighted by Gasteiger charge is 2.37. The van der Waals surface area contributed by atoms with Crippen LogP contribution < -0.4 is 10.6 Å². The minimum atomic E-state index is -0.432. The van der Waals surface area contributed by atoms with Crippen molar-refractivity contribution in [2.24, 2.45) is 11.3 Å². The molecule has 0 radical (unpaired) electrons.